The van der Waals surface area contributed by atoms with Gasteiger partial charge in [0.25, 0.3) is 5.60 Å². The van der Waals surface area contributed by atoms with Crippen molar-refractivity contribution in [1.29, 1.82) is 5.26 Å². The third-order valence-electron chi connectivity index (χ3n) is 5.33. The van der Waals surface area contributed by atoms with Crippen LogP contribution in [0, 0.1) is 17.2 Å². The van der Waals surface area contributed by atoms with Crippen LogP contribution in [0.3, 0.4) is 0 Å². The van der Waals surface area contributed by atoms with Crippen molar-refractivity contribution >= 4 is 17.2 Å². The minimum atomic E-state index is -6.07. The summed E-state index contributed by atoms with van der Waals surface area (Å²) < 4.78 is 84.3. The van der Waals surface area contributed by atoms with Crippen molar-refractivity contribution in [1.82, 2.24) is 14.6 Å². The Morgan fingerprint density at radius 1 is 1.20 bits per heavy atom. The molecule has 1 aliphatic carbocycles. The quantitative estimate of drug-likeness (QED) is 0.499. The lowest BCUT2D eigenvalue weighted by Gasteiger charge is -2.32. The van der Waals surface area contributed by atoms with Gasteiger partial charge in [-0.3, -0.25) is 4.79 Å². The Morgan fingerprint density at radius 2 is 1.89 bits per heavy atom. The first-order valence-electron chi connectivity index (χ1n) is 10.0. The van der Waals surface area contributed by atoms with Gasteiger partial charge in [0, 0.05) is 23.7 Å². The Kier molecular flexibility index (Phi) is 5.84. The van der Waals surface area contributed by atoms with Gasteiger partial charge >= 0.3 is 12.4 Å². The van der Waals surface area contributed by atoms with E-state index < -0.39 is 30.3 Å². The third kappa shape index (κ3) is 4.72. The second-order valence-corrected chi connectivity index (χ2v) is 7.90. The van der Waals surface area contributed by atoms with Gasteiger partial charge < -0.3 is 15.2 Å². The van der Waals surface area contributed by atoms with Gasteiger partial charge in [0.15, 0.2) is 5.82 Å². The Hall–Kier alpha value is -3.86. The van der Waals surface area contributed by atoms with Gasteiger partial charge in [-0.25, -0.2) is 9.50 Å². The van der Waals surface area contributed by atoms with Crippen LogP contribution in [-0.4, -0.2) is 50.2 Å². The molecule has 0 bridgehead atoms. The number of alkyl halides is 6. The highest BCUT2D eigenvalue weighted by Gasteiger charge is 2.71. The molecule has 4 rings (SSSR count). The molecule has 0 aromatic carbocycles. The van der Waals surface area contributed by atoms with E-state index in [0.29, 0.717) is 5.52 Å². The van der Waals surface area contributed by atoms with E-state index in [1.807, 2.05) is 0 Å². The van der Waals surface area contributed by atoms with Crippen molar-refractivity contribution in [2.75, 3.05) is 11.9 Å². The number of aromatic nitrogens is 3. The van der Waals surface area contributed by atoms with E-state index in [9.17, 15) is 36.2 Å². The SMILES string of the molecule is N#Cc1cc(-c2ccn3nc(NC(=O)C4CC4)cc3c2)c(OCC(O)(C(F)(F)F)C(F)(F)F)cn1. The number of hydrogen-bond acceptors (Lipinski definition) is 6. The highest BCUT2D eigenvalue weighted by Crippen LogP contribution is 2.44. The minimum absolute atomic E-state index is 0.0458. The number of hydrogen-bond donors (Lipinski definition) is 2. The monoisotopic (exact) mass is 499 g/mol. The molecule has 0 saturated heterocycles. The molecule has 0 radical (unpaired) electrons. The van der Waals surface area contributed by atoms with E-state index in [0.717, 1.165) is 25.1 Å². The maximum Gasteiger partial charge on any atom is 0.429 e. The van der Waals surface area contributed by atoms with Crippen molar-refractivity contribution < 1.29 is 41.0 Å². The lowest BCUT2D eigenvalue weighted by atomic mass is 10.0. The summed E-state index contributed by atoms with van der Waals surface area (Å²) in [4.78, 5) is 15.6. The number of carbonyl (C=O) groups is 1. The topological polar surface area (TPSA) is 113 Å². The van der Waals surface area contributed by atoms with Crippen LogP contribution in [0.15, 0.2) is 36.7 Å². The zero-order valence-electron chi connectivity index (χ0n) is 17.5. The van der Waals surface area contributed by atoms with Gasteiger partial charge in [-0.2, -0.15) is 36.7 Å². The van der Waals surface area contributed by atoms with Gasteiger partial charge in [-0.15, -0.1) is 0 Å². The molecule has 0 unspecified atom stereocenters. The molecule has 2 N–H and O–H groups in total. The fourth-order valence-electron chi connectivity index (χ4n) is 3.15. The lowest BCUT2D eigenvalue weighted by molar-refractivity contribution is -0.373. The average molecular weight is 499 g/mol. The van der Waals surface area contributed by atoms with E-state index in [4.69, 9.17) is 10.00 Å². The Balaban J connectivity index is 1.67. The zero-order chi connectivity index (χ0) is 25.6. The van der Waals surface area contributed by atoms with E-state index >= 15 is 0 Å². The molecule has 1 aliphatic rings. The van der Waals surface area contributed by atoms with E-state index in [1.54, 1.807) is 6.07 Å². The Bertz CT molecular complexity index is 1310. The van der Waals surface area contributed by atoms with Crippen LogP contribution in [0.1, 0.15) is 18.5 Å². The summed E-state index contributed by atoms with van der Waals surface area (Å²) in [5.74, 6) is -0.521. The molecule has 0 aliphatic heterocycles. The summed E-state index contributed by atoms with van der Waals surface area (Å²) in [5, 5.41) is 25.3. The van der Waals surface area contributed by atoms with Gasteiger partial charge in [0.2, 0.25) is 5.91 Å². The van der Waals surface area contributed by atoms with Crippen molar-refractivity contribution in [2.45, 2.75) is 30.8 Å². The number of carbonyl (C=O) groups excluding carboxylic acids is 1. The predicted molar refractivity (Wildman–Crippen MR) is 107 cm³/mol. The Labute approximate surface area is 192 Å². The Morgan fingerprint density at radius 3 is 2.49 bits per heavy atom. The van der Waals surface area contributed by atoms with Crippen LogP contribution in [0.4, 0.5) is 32.2 Å². The molecule has 1 amide bonds. The van der Waals surface area contributed by atoms with Crippen LogP contribution in [0.5, 0.6) is 5.75 Å². The smallest absolute Gasteiger partial charge is 0.429 e. The maximum atomic E-state index is 13.0. The molecule has 0 atom stereocenters. The third-order valence-corrected chi connectivity index (χ3v) is 5.33. The molecule has 3 aromatic heterocycles. The summed E-state index contributed by atoms with van der Waals surface area (Å²) in [6.07, 6.45) is -8.33. The number of rotatable bonds is 6. The second kappa shape index (κ2) is 8.42. The molecule has 3 heterocycles. The van der Waals surface area contributed by atoms with Crippen molar-refractivity contribution in [2.24, 2.45) is 5.92 Å². The first kappa shape index (κ1) is 24.3. The molecule has 1 saturated carbocycles. The zero-order valence-corrected chi connectivity index (χ0v) is 17.5. The van der Waals surface area contributed by atoms with Crippen LogP contribution in [0.2, 0.25) is 0 Å². The normalized spacial score (nSPS) is 14.6. The fourth-order valence-corrected chi connectivity index (χ4v) is 3.15. The largest absolute Gasteiger partial charge is 0.488 e. The molecule has 8 nitrogen and oxygen atoms in total. The first-order valence-corrected chi connectivity index (χ1v) is 10.0. The van der Waals surface area contributed by atoms with Gasteiger partial charge in [-0.1, -0.05) is 0 Å². The molecule has 184 valence electrons. The number of ether oxygens (including phenoxy) is 1. The molecule has 35 heavy (non-hydrogen) atoms. The molecule has 14 heteroatoms. The molecular weight excluding hydrogens is 484 g/mol. The van der Waals surface area contributed by atoms with Gasteiger partial charge in [-0.05, 0) is 36.6 Å². The molecule has 0 spiro atoms. The van der Waals surface area contributed by atoms with Gasteiger partial charge in [0.05, 0.1) is 11.7 Å². The van der Waals surface area contributed by atoms with Crippen LogP contribution in [0.25, 0.3) is 16.6 Å². The number of nitrogens with one attached hydrogen (secondary N) is 1. The highest BCUT2D eigenvalue weighted by atomic mass is 19.4. The van der Waals surface area contributed by atoms with Crippen molar-refractivity contribution in [3.8, 4) is 22.9 Å². The summed E-state index contributed by atoms with van der Waals surface area (Å²) >= 11 is 0. The number of pyridine rings is 2. The number of nitrogens with zero attached hydrogens (tertiary/aromatic N) is 4. The number of fused-ring (bicyclic) bond motifs is 1. The summed E-state index contributed by atoms with van der Waals surface area (Å²) in [6.45, 7) is -2.19. The molecule has 1 fully saturated rings. The van der Waals surface area contributed by atoms with Gasteiger partial charge in [0.1, 0.15) is 24.1 Å². The van der Waals surface area contributed by atoms with Crippen LogP contribution < -0.4 is 10.1 Å². The number of nitriles is 1. The molecular formula is C21H15F6N5O3. The standard InChI is InChI=1S/C21H15F6N5O3/c22-20(23,24)19(34,21(25,26)27)10-35-16-9-29-13(8-28)6-15(16)12-3-4-32-14(5-12)7-17(31-32)30-18(33)11-1-2-11/h3-7,9,11,34H,1-2,10H2,(H,30,31,33). The number of halogens is 6. The van der Waals surface area contributed by atoms with E-state index in [2.05, 4.69) is 15.4 Å². The number of amides is 1. The maximum absolute atomic E-state index is 13.0. The van der Waals surface area contributed by atoms with Crippen LogP contribution in [-0.2, 0) is 4.79 Å². The summed E-state index contributed by atoms with van der Waals surface area (Å²) in [5.41, 5.74) is -4.68. The first-order chi connectivity index (χ1) is 16.3. The van der Waals surface area contributed by atoms with Crippen molar-refractivity contribution in [3.63, 3.8) is 0 Å². The highest BCUT2D eigenvalue weighted by molar-refractivity contribution is 5.93. The molecule has 3 aromatic rings. The average Bonchev–Trinajstić information content (AvgIpc) is 3.56. The summed E-state index contributed by atoms with van der Waals surface area (Å²) in [6, 6.07) is 7.26. The minimum Gasteiger partial charge on any atom is -0.488 e. The van der Waals surface area contributed by atoms with Crippen LogP contribution >= 0.6 is 0 Å². The lowest BCUT2D eigenvalue weighted by Crippen LogP contribution is -2.60. The van der Waals surface area contributed by atoms with Crippen molar-refractivity contribution in [3.05, 3.63) is 42.4 Å². The van der Waals surface area contributed by atoms with E-state index in [1.165, 1.54) is 28.9 Å². The second-order valence-electron chi connectivity index (χ2n) is 7.90. The summed E-state index contributed by atoms with van der Waals surface area (Å²) in [7, 11) is 0. The predicted octanol–water partition coefficient (Wildman–Crippen LogP) is 3.85. The number of anilines is 1. The fraction of sp³-hybridized carbons (Fsp3) is 0.333. The number of aliphatic hydroxyl groups is 1. The van der Waals surface area contributed by atoms with E-state index in [-0.39, 0.29) is 34.5 Å².